The first kappa shape index (κ1) is 33.7. The second-order valence-electron chi connectivity index (χ2n) is 10.9. The van der Waals surface area contributed by atoms with E-state index in [4.69, 9.17) is 11.6 Å². The summed E-state index contributed by atoms with van der Waals surface area (Å²) >= 11 is 6.42. The third-order valence-electron chi connectivity index (χ3n) is 7.48. The van der Waals surface area contributed by atoms with Gasteiger partial charge in [-0.25, -0.2) is 12.8 Å². The highest BCUT2D eigenvalue weighted by Crippen LogP contribution is 2.31. The molecule has 45 heavy (non-hydrogen) atoms. The topological polar surface area (TPSA) is 86.8 Å². The molecule has 7 nitrogen and oxygen atoms in total. The molecule has 0 radical (unpaired) electrons. The summed E-state index contributed by atoms with van der Waals surface area (Å²) in [5.74, 6) is -1.42. The second-order valence-corrected chi connectivity index (χ2v) is 13.1. The first-order valence-electron chi connectivity index (χ1n) is 14.7. The van der Waals surface area contributed by atoms with Gasteiger partial charge < -0.3 is 10.2 Å². The van der Waals surface area contributed by atoms with E-state index in [2.05, 4.69) is 5.32 Å². The quantitative estimate of drug-likeness (QED) is 0.180. The highest BCUT2D eigenvalue weighted by Gasteiger charge is 2.35. The Morgan fingerprint density at radius 3 is 2.18 bits per heavy atom. The summed E-state index contributed by atoms with van der Waals surface area (Å²) in [7, 11) is -4.26. The molecule has 0 aliphatic rings. The molecule has 236 valence electrons. The number of carbonyl (C=O) groups is 2. The van der Waals surface area contributed by atoms with Crippen molar-refractivity contribution in [1.29, 1.82) is 0 Å². The lowest BCUT2D eigenvalue weighted by molar-refractivity contribution is -0.140. The molecule has 0 heterocycles. The van der Waals surface area contributed by atoms with Gasteiger partial charge in [-0.3, -0.25) is 13.9 Å². The van der Waals surface area contributed by atoms with Crippen molar-refractivity contribution in [3.8, 4) is 0 Å². The summed E-state index contributed by atoms with van der Waals surface area (Å²) in [4.78, 5) is 29.5. The Labute approximate surface area is 269 Å². The van der Waals surface area contributed by atoms with Gasteiger partial charge in [0.05, 0.1) is 10.6 Å². The molecule has 0 fully saturated rings. The Bertz CT molecular complexity index is 1720. The fourth-order valence-corrected chi connectivity index (χ4v) is 6.56. The second kappa shape index (κ2) is 15.2. The Morgan fingerprint density at radius 1 is 0.867 bits per heavy atom. The minimum absolute atomic E-state index is 0.00637. The van der Waals surface area contributed by atoms with E-state index in [1.165, 1.54) is 29.2 Å². The third kappa shape index (κ3) is 8.49. The van der Waals surface area contributed by atoms with Crippen LogP contribution in [0.1, 0.15) is 35.6 Å². The molecule has 0 aliphatic heterocycles. The van der Waals surface area contributed by atoms with Gasteiger partial charge in [-0.1, -0.05) is 84.8 Å². The van der Waals surface area contributed by atoms with Gasteiger partial charge >= 0.3 is 0 Å². The number of aryl methyl sites for hydroxylation is 1. The lowest BCUT2D eigenvalue weighted by Gasteiger charge is -2.34. The molecule has 1 N–H and O–H groups in total. The molecule has 0 saturated carbocycles. The van der Waals surface area contributed by atoms with Crippen LogP contribution in [0.15, 0.2) is 102 Å². The Kier molecular flexibility index (Phi) is 11.4. The number of hydrogen-bond acceptors (Lipinski definition) is 4. The molecule has 10 heteroatoms. The van der Waals surface area contributed by atoms with Crippen molar-refractivity contribution in [3.05, 3.63) is 130 Å². The maximum absolute atomic E-state index is 14.5. The van der Waals surface area contributed by atoms with Crippen LogP contribution in [-0.2, 0) is 32.6 Å². The van der Waals surface area contributed by atoms with E-state index in [0.29, 0.717) is 29.1 Å². The molecule has 4 rings (SSSR count). The van der Waals surface area contributed by atoms with E-state index in [9.17, 15) is 22.4 Å². The van der Waals surface area contributed by atoms with Gasteiger partial charge in [-0.05, 0) is 73.4 Å². The average Bonchev–Trinajstić information content (AvgIpc) is 3.03. The molecule has 2 amide bonds. The summed E-state index contributed by atoms with van der Waals surface area (Å²) in [6.45, 7) is 5.20. The Balaban J connectivity index is 1.82. The van der Waals surface area contributed by atoms with E-state index in [0.717, 1.165) is 15.4 Å². The van der Waals surface area contributed by atoms with Crippen LogP contribution in [-0.4, -0.2) is 44.3 Å². The van der Waals surface area contributed by atoms with Crippen LogP contribution >= 0.6 is 11.6 Å². The maximum Gasteiger partial charge on any atom is 0.264 e. The smallest absolute Gasteiger partial charge is 0.264 e. The summed E-state index contributed by atoms with van der Waals surface area (Å²) in [5.41, 5.74) is 3.00. The van der Waals surface area contributed by atoms with Crippen molar-refractivity contribution in [2.75, 3.05) is 17.4 Å². The first-order valence-corrected chi connectivity index (χ1v) is 16.5. The number of halogens is 2. The Hall–Kier alpha value is -4.21. The van der Waals surface area contributed by atoms with Crippen LogP contribution < -0.4 is 9.62 Å². The summed E-state index contributed by atoms with van der Waals surface area (Å²) < 4.78 is 43.2. The van der Waals surface area contributed by atoms with E-state index in [1.807, 2.05) is 44.2 Å². The molecular formula is C35H37ClFN3O4S. The number of hydrogen-bond donors (Lipinski definition) is 1. The summed E-state index contributed by atoms with van der Waals surface area (Å²) in [6.07, 6.45) is 0.872. The number of sulfonamides is 1. The van der Waals surface area contributed by atoms with Crippen molar-refractivity contribution in [2.45, 2.75) is 51.1 Å². The van der Waals surface area contributed by atoms with Gasteiger partial charge in [-0.15, -0.1) is 0 Å². The number of nitrogens with zero attached hydrogens (tertiary/aromatic N) is 2. The zero-order valence-electron chi connectivity index (χ0n) is 25.5. The lowest BCUT2D eigenvalue weighted by Crippen LogP contribution is -2.53. The van der Waals surface area contributed by atoms with Crippen molar-refractivity contribution in [2.24, 2.45) is 0 Å². The number of rotatable bonds is 13. The monoisotopic (exact) mass is 649 g/mol. The predicted molar refractivity (Wildman–Crippen MR) is 176 cm³/mol. The molecule has 0 aromatic heterocycles. The molecule has 0 aliphatic carbocycles. The molecule has 4 aromatic rings. The minimum Gasteiger partial charge on any atom is -0.354 e. The van der Waals surface area contributed by atoms with Crippen molar-refractivity contribution in [1.82, 2.24) is 10.2 Å². The van der Waals surface area contributed by atoms with Gasteiger partial charge in [0.25, 0.3) is 10.0 Å². The van der Waals surface area contributed by atoms with Crippen molar-refractivity contribution >= 4 is 39.1 Å². The summed E-state index contributed by atoms with van der Waals surface area (Å²) in [6, 6.07) is 25.2. The fourth-order valence-electron chi connectivity index (χ4n) is 4.92. The zero-order chi connectivity index (χ0) is 32.6. The Morgan fingerprint density at radius 2 is 1.53 bits per heavy atom. The molecule has 0 saturated heterocycles. The zero-order valence-corrected chi connectivity index (χ0v) is 27.1. The number of carbonyl (C=O) groups excluding carboxylic acids is 2. The van der Waals surface area contributed by atoms with Gasteiger partial charge in [-0.2, -0.15) is 0 Å². The number of benzene rings is 4. The number of anilines is 1. The van der Waals surface area contributed by atoms with Crippen molar-refractivity contribution in [3.63, 3.8) is 0 Å². The lowest BCUT2D eigenvalue weighted by atomic mass is 10.0. The minimum atomic E-state index is -4.26. The van der Waals surface area contributed by atoms with Crippen LogP contribution in [0.2, 0.25) is 5.02 Å². The predicted octanol–water partition coefficient (Wildman–Crippen LogP) is 6.46. The van der Waals surface area contributed by atoms with E-state index in [1.54, 1.807) is 49.4 Å². The fraction of sp³-hybridized carbons (Fsp3) is 0.257. The number of nitrogens with one attached hydrogen (secondary N) is 1. The molecule has 1 atom stereocenters. The van der Waals surface area contributed by atoms with E-state index in [-0.39, 0.29) is 29.5 Å². The molecule has 0 bridgehead atoms. The molecule has 1 unspecified atom stereocenters. The molecule has 0 spiro atoms. The molecule has 4 aromatic carbocycles. The largest absolute Gasteiger partial charge is 0.354 e. The SMILES string of the molecule is CCCNC(=O)C(Cc1ccccc1)N(Cc1ccc(F)cc1)C(=O)CN(c1cccc(Cl)c1C)S(=O)(=O)c1ccc(C)cc1. The van der Waals surface area contributed by atoms with Crippen LogP contribution in [0.5, 0.6) is 0 Å². The van der Waals surface area contributed by atoms with Gasteiger partial charge in [0.2, 0.25) is 11.8 Å². The highest BCUT2D eigenvalue weighted by atomic mass is 35.5. The van der Waals surface area contributed by atoms with Gasteiger partial charge in [0, 0.05) is 24.5 Å². The number of amides is 2. The van der Waals surface area contributed by atoms with Crippen LogP contribution in [0.4, 0.5) is 10.1 Å². The first-order chi connectivity index (χ1) is 21.5. The standard InChI is InChI=1S/C35H37ClFN3O4S/c1-4-21-38-35(42)33(22-27-9-6-5-7-10-27)39(23-28-15-17-29(37)18-16-28)34(41)24-40(32-12-8-11-31(36)26(32)3)45(43,44)30-19-13-25(2)14-20-30/h5-20,33H,4,21-24H2,1-3H3,(H,38,42). The normalized spacial score (nSPS) is 11.9. The van der Waals surface area contributed by atoms with Crippen LogP contribution in [0.25, 0.3) is 0 Å². The third-order valence-corrected chi connectivity index (χ3v) is 9.67. The van der Waals surface area contributed by atoms with Gasteiger partial charge in [0.15, 0.2) is 0 Å². The van der Waals surface area contributed by atoms with Crippen molar-refractivity contribution < 1.29 is 22.4 Å². The van der Waals surface area contributed by atoms with Crippen LogP contribution in [0, 0.1) is 19.7 Å². The van der Waals surface area contributed by atoms with E-state index < -0.39 is 34.3 Å². The highest BCUT2D eigenvalue weighted by molar-refractivity contribution is 7.92. The summed E-state index contributed by atoms with van der Waals surface area (Å²) in [5, 5.41) is 3.24. The van der Waals surface area contributed by atoms with E-state index >= 15 is 0 Å². The van der Waals surface area contributed by atoms with Crippen LogP contribution in [0.3, 0.4) is 0 Å². The maximum atomic E-state index is 14.5. The van der Waals surface area contributed by atoms with Gasteiger partial charge in [0.1, 0.15) is 18.4 Å². The average molecular weight is 650 g/mol. The molecular weight excluding hydrogens is 613 g/mol.